The average Bonchev–Trinajstić information content (AvgIpc) is 3.43. The first-order chi connectivity index (χ1) is 17.0. The molecule has 0 spiro atoms. The summed E-state index contributed by atoms with van der Waals surface area (Å²) in [5.41, 5.74) is 4.67. The quantitative estimate of drug-likeness (QED) is 0.478. The lowest BCUT2D eigenvalue weighted by molar-refractivity contribution is -0.140. The van der Waals surface area contributed by atoms with Crippen molar-refractivity contribution in [2.45, 2.75) is 50.7 Å². The zero-order valence-corrected chi connectivity index (χ0v) is 19.9. The maximum Gasteiger partial charge on any atom is 0.407 e. The van der Waals surface area contributed by atoms with Gasteiger partial charge in [-0.1, -0.05) is 48.5 Å². The van der Waals surface area contributed by atoms with Gasteiger partial charge in [-0.3, -0.25) is 9.59 Å². The number of carboxylic acids is 1. The summed E-state index contributed by atoms with van der Waals surface area (Å²) in [6.45, 7) is 2.56. The number of fused-ring (bicyclic) bond motifs is 3. The fourth-order valence-electron chi connectivity index (χ4n) is 5.14. The van der Waals surface area contributed by atoms with Gasteiger partial charge in [-0.15, -0.1) is 0 Å². The van der Waals surface area contributed by atoms with E-state index >= 15 is 0 Å². The molecule has 0 bridgehead atoms. The van der Waals surface area contributed by atoms with Crippen molar-refractivity contribution in [3.8, 4) is 11.1 Å². The van der Waals surface area contributed by atoms with Crippen molar-refractivity contribution in [3.63, 3.8) is 0 Å². The first-order valence-electron chi connectivity index (χ1n) is 12.2. The molecule has 0 aliphatic heterocycles. The zero-order valence-electron chi connectivity index (χ0n) is 19.9. The first-order valence-corrected chi connectivity index (χ1v) is 12.2. The Morgan fingerprint density at radius 3 is 2.31 bits per heavy atom. The third kappa shape index (κ3) is 6.00. The number of hydrogen-bond donors (Lipinski definition) is 3. The Labute approximate surface area is 205 Å². The molecular formula is C27H32N2O6. The van der Waals surface area contributed by atoms with Crippen LogP contribution in [-0.4, -0.2) is 55.0 Å². The number of aliphatic carboxylic acids is 1. The van der Waals surface area contributed by atoms with E-state index in [1.54, 1.807) is 6.92 Å². The largest absolute Gasteiger partial charge is 0.481 e. The average molecular weight is 481 g/mol. The van der Waals surface area contributed by atoms with E-state index in [4.69, 9.17) is 14.6 Å². The lowest BCUT2D eigenvalue weighted by atomic mass is 9.98. The Morgan fingerprint density at radius 1 is 1.03 bits per heavy atom. The summed E-state index contributed by atoms with van der Waals surface area (Å²) >= 11 is 0. The highest BCUT2D eigenvalue weighted by atomic mass is 16.5. The van der Waals surface area contributed by atoms with Crippen LogP contribution in [0.15, 0.2) is 48.5 Å². The Bertz CT molecular complexity index is 1030. The van der Waals surface area contributed by atoms with Crippen LogP contribution in [0.1, 0.15) is 49.7 Å². The van der Waals surface area contributed by atoms with E-state index in [-0.39, 0.29) is 43.4 Å². The van der Waals surface area contributed by atoms with Gasteiger partial charge < -0.3 is 25.2 Å². The molecule has 0 aromatic heterocycles. The predicted molar refractivity (Wildman–Crippen MR) is 130 cm³/mol. The third-order valence-corrected chi connectivity index (χ3v) is 6.78. The van der Waals surface area contributed by atoms with Crippen molar-refractivity contribution >= 4 is 18.0 Å². The minimum Gasteiger partial charge on any atom is -0.481 e. The van der Waals surface area contributed by atoms with E-state index in [2.05, 4.69) is 34.9 Å². The molecular weight excluding hydrogens is 448 g/mol. The van der Waals surface area contributed by atoms with Crippen molar-refractivity contribution in [2.75, 3.05) is 19.8 Å². The molecule has 2 aliphatic carbocycles. The van der Waals surface area contributed by atoms with Crippen LogP contribution in [-0.2, 0) is 19.1 Å². The standard InChI is InChI=1S/C27H32N2O6/c1-2-34-19(14-25(30)31)15-28-26(32)17-11-12-18(13-17)29-27(33)35-16-24-22-9-5-3-7-20(22)21-8-4-6-10-23(21)24/h3-10,17-19,24H,2,11-16H2,1H3,(H,28,32)(H,29,33)(H,30,31). The first kappa shape index (κ1) is 24.7. The molecule has 2 aliphatic rings. The van der Waals surface area contributed by atoms with Gasteiger partial charge in [0.25, 0.3) is 0 Å². The second-order valence-corrected chi connectivity index (χ2v) is 9.10. The summed E-state index contributed by atoms with van der Waals surface area (Å²) in [6.07, 6.45) is 0.664. The topological polar surface area (TPSA) is 114 Å². The third-order valence-electron chi connectivity index (χ3n) is 6.78. The van der Waals surface area contributed by atoms with Gasteiger partial charge in [0.1, 0.15) is 6.61 Å². The molecule has 3 unspecified atom stereocenters. The molecule has 4 rings (SSSR count). The number of rotatable bonds is 10. The normalized spacial score (nSPS) is 19.5. The van der Waals surface area contributed by atoms with Crippen LogP contribution in [0.2, 0.25) is 0 Å². The van der Waals surface area contributed by atoms with Crippen molar-refractivity contribution in [3.05, 3.63) is 59.7 Å². The van der Waals surface area contributed by atoms with Crippen molar-refractivity contribution in [2.24, 2.45) is 5.92 Å². The van der Waals surface area contributed by atoms with E-state index in [0.29, 0.717) is 25.9 Å². The molecule has 35 heavy (non-hydrogen) atoms. The number of nitrogens with one attached hydrogen (secondary N) is 2. The van der Waals surface area contributed by atoms with Gasteiger partial charge in [0.2, 0.25) is 5.91 Å². The van der Waals surface area contributed by atoms with Crippen LogP contribution in [0, 0.1) is 5.92 Å². The van der Waals surface area contributed by atoms with Gasteiger partial charge >= 0.3 is 12.1 Å². The Hall–Kier alpha value is -3.39. The minimum atomic E-state index is -0.967. The van der Waals surface area contributed by atoms with E-state index < -0.39 is 18.2 Å². The van der Waals surface area contributed by atoms with Crippen molar-refractivity contribution in [1.82, 2.24) is 10.6 Å². The van der Waals surface area contributed by atoms with Crippen molar-refractivity contribution in [1.29, 1.82) is 0 Å². The Morgan fingerprint density at radius 2 is 1.69 bits per heavy atom. The smallest absolute Gasteiger partial charge is 0.407 e. The molecule has 1 fully saturated rings. The highest BCUT2D eigenvalue weighted by molar-refractivity contribution is 5.80. The second kappa shape index (κ2) is 11.4. The van der Waals surface area contributed by atoms with E-state index in [9.17, 15) is 14.4 Å². The zero-order chi connectivity index (χ0) is 24.8. The fraction of sp³-hybridized carbons (Fsp3) is 0.444. The van der Waals surface area contributed by atoms with E-state index in [1.165, 1.54) is 11.1 Å². The molecule has 1 saturated carbocycles. The molecule has 0 heterocycles. The summed E-state index contributed by atoms with van der Waals surface area (Å²) in [5, 5.41) is 14.7. The predicted octanol–water partition coefficient (Wildman–Crippen LogP) is 3.69. The highest BCUT2D eigenvalue weighted by Gasteiger charge is 2.33. The van der Waals surface area contributed by atoms with Crippen LogP contribution in [0.4, 0.5) is 4.79 Å². The molecule has 3 atom stereocenters. The number of alkyl carbamates (subject to hydrolysis) is 1. The molecule has 2 aromatic carbocycles. The molecule has 2 amide bonds. The number of amides is 2. The monoisotopic (exact) mass is 480 g/mol. The maximum absolute atomic E-state index is 12.5. The molecule has 0 saturated heterocycles. The molecule has 186 valence electrons. The van der Waals surface area contributed by atoms with Gasteiger partial charge in [-0.05, 0) is 48.4 Å². The summed E-state index contributed by atoms with van der Waals surface area (Å²) in [5.74, 6) is -1.34. The van der Waals surface area contributed by atoms with E-state index in [0.717, 1.165) is 11.1 Å². The van der Waals surface area contributed by atoms with Gasteiger partial charge in [0, 0.05) is 31.0 Å². The van der Waals surface area contributed by atoms with Gasteiger partial charge in [-0.2, -0.15) is 0 Å². The van der Waals surface area contributed by atoms with Crippen LogP contribution < -0.4 is 10.6 Å². The summed E-state index contributed by atoms with van der Waals surface area (Å²) in [6, 6.07) is 16.2. The molecule has 8 nitrogen and oxygen atoms in total. The molecule has 3 N–H and O–H groups in total. The highest BCUT2D eigenvalue weighted by Crippen LogP contribution is 2.44. The number of carbonyl (C=O) groups excluding carboxylic acids is 2. The number of carbonyl (C=O) groups is 3. The number of hydrogen-bond acceptors (Lipinski definition) is 5. The van der Waals surface area contributed by atoms with E-state index in [1.807, 2.05) is 24.3 Å². The van der Waals surface area contributed by atoms with Crippen LogP contribution in [0.25, 0.3) is 11.1 Å². The Kier molecular flexibility index (Phi) is 8.02. The number of benzene rings is 2. The number of ether oxygens (including phenoxy) is 2. The summed E-state index contributed by atoms with van der Waals surface area (Å²) < 4.78 is 11.0. The van der Waals surface area contributed by atoms with Gasteiger partial charge in [0.05, 0.1) is 12.5 Å². The van der Waals surface area contributed by atoms with Gasteiger partial charge in [0.15, 0.2) is 0 Å². The maximum atomic E-state index is 12.5. The molecule has 8 heteroatoms. The van der Waals surface area contributed by atoms with Gasteiger partial charge in [-0.25, -0.2) is 4.79 Å². The van der Waals surface area contributed by atoms with Crippen LogP contribution in [0.5, 0.6) is 0 Å². The SMILES string of the molecule is CCOC(CNC(=O)C1CCC(NC(=O)OCC2c3ccccc3-c3ccccc32)C1)CC(=O)O. The van der Waals surface area contributed by atoms with Crippen LogP contribution in [0.3, 0.4) is 0 Å². The lowest BCUT2D eigenvalue weighted by Crippen LogP contribution is -2.39. The molecule has 0 radical (unpaired) electrons. The molecule has 2 aromatic rings. The lowest BCUT2D eigenvalue weighted by Gasteiger charge is -2.18. The number of carboxylic acid groups (broad SMARTS) is 1. The van der Waals surface area contributed by atoms with Crippen molar-refractivity contribution < 1.29 is 29.0 Å². The second-order valence-electron chi connectivity index (χ2n) is 9.10. The van der Waals surface area contributed by atoms with Crippen LogP contribution >= 0.6 is 0 Å². The summed E-state index contributed by atoms with van der Waals surface area (Å²) in [4.78, 5) is 36.0. The minimum absolute atomic E-state index is 0.000609. The Balaban J connectivity index is 1.24. The fourth-order valence-corrected chi connectivity index (χ4v) is 5.14. The summed E-state index contributed by atoms with van der Waals surface area (Å²) in [7, 11) is 0.